The number of allylic oxidation sites excluding steroid dienone is 2. The summed E-state index contributed by atoms with van der Waals surface area (Å²) in [6, 6.07) is 10.1. The molecule has 1 aliphatic heterocycles. The van der Waals surface area contributed by atoms with E-state index in [1.807, 2.05) is 44.2 Å². The van der Waals surface area contributed by atoms with Crippen molar-refractivity contribution in [1.82, 2.24) is 0 Å². The number of benzene rings is 1. The SMILES string of the molecule is CC1(C)COC(=O)C1OC(=O)[C@H]1CC2C=CC1C2COCc1ccccc1. The van der Waals surface area contributed by atoms with Crippen LogP contribution in [-0.2, 0) is 30.4 Å². The van der Waals surface area contributed by atoms with Crippen LogP contribution in [0.1, 0.15) is 25.8 Å². The van der Waals surface area contributed by atoms with Crippen LogP contribution in [0.4, 0.5) is 0 Å². The molecule has 1 aromatic rings. The van der Waals surface area contributed by atoms with Gasteiger partial charge in [0.1, 0.15) is 6.61 Å². The van der Waals surface area contributed by atoms with E-state index in [1.54, 1.807) is 0 Å². The standard InChI is InChI=1S/C22H26O5/c1-22(2)13-26-21(24)19(22)27-20(23)17-10-15-8-9-16(17)18(15)12-25-11-14-6-4-3-5-7-14/h3-9,15-19H,10-13H2,1-2H3/t15?,16?,17-,18?,19?/m0/s1. The summed E-state index contributed by atoms with van der Waals surface area (Å²) in [7, 11) is 0. The van der Waals surface area contributed by atoms with E-state index in [2.05, 4.69) is 12.2 Å². The van der Waals surface area contributed by atoms with E-state index < -0.39 is 17.5 Å². The summed E-state index contributed by atoms with van der Waals surface area (Å²) in [6.45, 7) is 5.26. The van der Waals surface area contributed by atoms with Crippen LogP contribution in [0.15, 0.2) is 42.5 Å². The fourth-order valence-electron chi connectivity index (χ4n) is 4.49. The van der Waals surface area contributed by atoms with Crippen molar-refractivity contribution < 1.29 is 23.8 Å². The molecule has 4 unspecified atom stereocenters. The average Bonchev–Trinajstić information content (AvgIpc) is 3.29. The molecule has 1 aromatic carbocycles. The monoisotopic (exact) mass is 370 g/mol. The molecule has 4 rings (SSSR count). The Balaban J connectivity index is 1.33. The molecule has 2 aliphatic carbocycles. The first kappa shape index (κ1) is 18.2. The molecule has 2 fully saturated rings. The highest BCUT2D eigenvalue weighted by molar-refractivity contribution is 5.83. The molecule has 0 spiro atoms. The summed E-state index contributed by atoms with van der Waals surface area (Å²) in [5.74, 6) is -0.151. The van der Waals surface area contributed by atoms with Gasteiger partial charge in [0.15, 0.2) is 0 Å². The van der Waals surface area contributed by atoms with Crippen LogP contribution in [0.5, 0.6) is 0 Å². The van der Waals surface area contributed by atoms with Gasteiger partial charge in [0.05, 0.1) is 19.1 Å². The number of cyclic esters (lactones) is 1. The van der Waals surface area contributed by atoms with Gasteiger partial charge in [-0.1, -0.05) is 56.3 Å². The number of rotatable bonds is 6. The molecular weight excluding hydrogens is 344 g/mol. The van der Waals surface area contributed by atoms with Gasteiger partial charge in [-0.15, -0.1) is 0 Å². The van der Waals surface area contributed by atoms with Crippen molar-refractivity contribution >= 4 is 11.9 Å². The minimum absolute atomic E-state index is 0.124. The van der Waals surface area contributed by atoms with E-state index in [9.17, 15) is 9.59 Å². The molecule has 5 atom stereocenters. The number of esters is 2. The number of ether oxygens (including phenoxy) is 3. The summed E-state index contributed by atoms with van der Waals surface area (Å²) < 4.78 is 16.6. The Labute approximate surface area is 159 Å². The molecule has 5 nitrogen and oxygen atoms in total. The lowest BCUT2D eigenvalue weighted by atomic mass is 9.88. The maximum absolute atomic E-state index is 12.8. The number of hydrogen-bond acceptors (Lipinski definition) is 5. The van der Waals surface area contributed by atoms with Gasteiger partial charge in [-0.25, -0.2) is 4.79 Å². The van der Waals surface area contributed by atoms with Gasteiger partial charge in [0, 0.05) is 5.41 Å². The fourth-order valence-corrected chi connectivity index (χ4v) is 4.49. The Morgan fingerprint density at radius 2 is 2.00 bits per heavy atom. The molecule has 27 heavy (non-hydrogen) atoms. The molecule has 0 N–H and O–H groups in total. The zero-order valence-corrected chi connectivity index (χ0v) is 15.8. The second-order valence-electron chi connectivity index (χ2n) is 8.55. The first-order valence-electron chi connectivity index (χ1n) is 9.63. The Bertz CT molecular complexity index is 738. The van der Waals surface area contributed by atoms with Crippen molar-refractivity contribution in [3.63, 3.8) is 0 Å². The van der Waals surface area contributed by atoms with E-state index in [1.165, 1.54) is 0 Å². The van der Waals surface area contributed by atoms with Crippen LogP contribution in [0.2, 0.25) is 0 Å². The van der Waals surface area contributed by atoms with Crippen molar-refractivity contribution in [2.75, 3.05) is 13.2 Å². The molecule has 3 aliphatic rings. The van der Waals surface area contributed by atoms with E-state index in [4.69, 9.17) is 14.2 Å². The van der Waals surface area contributed by atoms with Gasteiger partial charge >= 0.3 is 11.9 Å². The Morgan fingerprint density at radius 1 is 1.22 bits per heavy atom. The smallest absolute Gasteiger partial charge is 0.348 e. The molecule has 144 valence electrons. The van der Waals surface area contributed by atoms with Gasteiger partial charge in [-0.3, -0.25) is 4.79 Å². The van der Waals surface area contributed by atoms with Crippen LogP contribution >= 0.6 is 0 Å². The zero-order valence-electron chi connectivity index (χ0n) is 15.8. The summed E-state index contributed by atoms with van der Waals surface area (Å²) in [4.78, 5) is 24.7. The lowest BCUT2D eigenvalue weighted by Crippen LogP contribution is -2.37. The molecule has 1 heterocycles. The van der Waals surface area contributed by atoms with Gasteiger partial charge in [0.25, 0.3) is 0 Å². The minimum Gasteiger partial charge on any atom is -0.462 e. The first-order chi connectivity index (χ1) is 13.0. The normalized spacial score (nSPS) is 33.3. The highest BCUT2D eigenvalue weighted by atomic mass is 16.6. The van der Waals surface area contributed by atoms with Crippen molar-refractivity contribution in [2.24, 2.45) is 29.1 Å². The summed E-state index contributed by atoms with van der Waals surface area (Å²) in [5.41, 5.74) is 0.673. The lowest BCUT2D eigenvalue weighted by molar-refractivity contribution is -0.167. The van der Waals surface area contributed by atoms with Crippen molar-refractivity contribution in [2.45, 2.75) is 33.0 Å². The van der Waals surface area contributed by atoms with Crippen LogP contribution in [0.25, 0.3) is 0 Å². The molecule has 1 saturated heterocycles. The van der Waals surface area contributed by atoms with E-state index >= 15 is 0 Å². The van der Waals surface area contributed by atoms with Crippen molar-refractivity contribution in [1.29, 1.82) is 0 Å². The van der Waals surface area contributed by atoms with Gasteiger partial charge < -0.3 is 14.2 Å². The third kappa shape index (κ3) is 3.53. The third-order valence-corrected chi connectivity index (χ3v) is 6.08. The molecule has 2 bridgehead atoms. The second kappa shape index (κ2) is 7.12. The van der Waals surface area contributed by atoms with Crippen LogP contribution in [0.3, 0.4) is 0 Å². The van der Waals surface area contributed by atoms with Crippen molar-refractivity contribution in [3.05, 3.63) is 48.0 Å². The fraction of sp³-hybridized carbons (Fsp3) is 0.545. The number of hydrogen-bond donors (Lipinski definition) is 0. The van der Waals surface area contributed by atoms with Crippen LogP contribution < -0.4 is 0 Å². The van der Waals surface area contributed by atoms with Gasteiger partial charge in [0.2, 0.25) is 6.10 Å². The van der Waals surface area contributed by atoms with Crippen molar-refractivity contribution in [3.8, 4) is 0 Å². The molecule has 5 heteroatoms. The summed E-state index contributed by atoms with van der Waals surface area (Å²) in [5, 5.41) is 0. The summed E-state index contributed by atoms with van der Waals surface area (Å²) >= 11 is 0. The second-order valence-corrected chi connectivity index (χ2v) is 8.55. The maximum atomic E-state index is 12.8. The molecular formula is C22H26O5. The van der Waals surface area contributed by atoms with Gasteiger partial charge in [-0.2, -0.15) is 0 Å². The third-order valence-electron chi connectivity index (χ3n) is 6.08. The molecule has 0 radical (unpaired) electrons. The first-order valence-corrected chi connectivity index (χ1v) is 9.63. The van der Waals surface area contributed by atoms with E-state index in [0.29, 0.717) is 25.0 Å². The van der Waals surface area contributed by atoms with E-state index in [-0.39, 0.29) is 24.4 Å². The predicted molar refractivity (Wildman–Crippen MR) is 98.4 cm³/mol. The van der Waals surface area contributed by atoms with E-state index in [0.717, 1.165) is 12.0 Å². The quantitative estimate of drug-likeness (QED) is 0.569. The Morgan fingerprint density at radius 3 is 2.70 bits per heavy atom. The Kier molecular flexibility index (Phi) is 4.81. The number of carbonyl (C=O) groups excluding carboxylic acids is 2. The topological polar surface area (TPSA) is 61.8 Å². The predicted octanol–water partition coefficient (Wildman–Crippen LogP) is 3.14. The number of carbonyl (C=O) groups is 2. The van der Waals surface area contributed by atoms with Gasteiger partial charge in [-0.05, 0) is 29.7 Å². The highest BCUT2D eigenvalue weighted by Gasteiger charge is 2.52. The zero-order chi connectivity index (χ0) is 19.0. The van der Waals surface area contributed by atoms with Crippen LogP contribution in [-0.4, -0.2) is 31.3 Å². The maximum Gasteiger partial charge on any atom is 0.348 e. The van der Waals surface area contributed by atoms with Crippen LogP contribution in [0, 0.1) is 29.1 Å². The Hall–Kier alpha value is -2.14. The molecule has 0 aromatic heterocycles. The largest absolute Gasteiger partial charge is 0.462 e. The average molecular weight is 370 g/mol. The highest BCUT2D eigenvalue weighted by Crippen LogP contribution is 2.49. The molecule has 0 amide bonds. The minimum atomic E-state index is -0.805. The number of fused-ring (bicyclic) bond motifs is 2. The lowest BCUT2D eigenvalue weighted by Gasteiger charge is -2.25. The molecule has 1 saturated carbocycles. The summed E-state index contributed by atoms with van der Waals surface area (Å²) in [6.07, 6.45) is 4.27.